The van der Waals surface area contributed by atoms with E-state index in [4.69, 9.17) is 11.6 Å². The van der Waals surface area contributed by atoms with E-state index in [0.29, 0.717) is 5.13 Å². The lowest BCUT2D eigenvalue weighted by molar-refractivity contribution is -0.116. The zero-order chi connectivity index (χ0) is 15.7. The zero-order valence-electron chi connectivity index (χ0n) is 11.9. The molecule has 2 heterocycles. The molecule has 1 N–H and O–H groups in total. The minimum absolute atomic E-state index is 0.0456. The molecule has 1 aromatic heterocycles. The minimum atomic E-state index is -0.278. The molecule has 2 amide bonds. The van der Waals surface area contributed by atoms with Crippen molar-refractivity contribution in [2.75, 3.05) is 22.6 Å². The van der Waals surface area contributed by atoms with E-state index in [9.17, 15) is 9.59 Å². The average molecular weight is 336 g/mol. The van der Waals surface area contributed by atoms with Gasteiger partial charge in [-0.25, -0.2) is 4.98 Å². The SMILES string of the molecule is CC(=O)N1CCc2ccc(-c3csc(NC(=O)CCl)n3)cc21. The number of thiazole rings is 1. The minimum Gasteiger partial charge on any atom is -0.312 e. The van der Waals surface area contributed by atoms with Crippen LogP contribution in [-0.2, 0) is 16.0 Å². The highest BCUT2D eigenvalue weighted by Crippen LogP contribution is 2.33. The number of carbonyl (C=O) groups is 2. The fourth-order valence-corrected chi connectivity index (χ4v) is 3.28. The zero-order valence-corrected chi connectivity index (χ0v) is 13.5. The molecule has 0 aliphatic carbocycles. The van der Waals surface area contributed by atoms with Gasteiger partial charge in [0.05, 0.1) is 5.69 Å². The first-order valence-corrected chi connectivity index (χ1v) is 8.22. The van der Waals surface area contributed by atoms with Crippen LogP contribution in [0.25, 0.3) is 11.3 Å². The highest BCUT2D eigenvalue weighted by Gasteiger charge is 2.22. The first-order valence-electron chi connectivity index (χ1n) is 6.81. The molecule has 22 heavy (non-hydrogen) atoms. The Kier molecular flexibility index (Phi) is 4.13. The maximum atomic E-state index is 11.7. The van der Waals surface area contributed by atoms with Gasteiger partial charge >= 0.3 is 0 Å². The summed E-state index contributed by atoms with van der Waals surface area (Å²) in [5.74, 6) is -0.329. The Balaban J connectivity index is 1.89. The van der Waals surface area contributed by atoms with Crippen LogP contribution in [0.2, 0.25) is 0 Å². The number of halogens is 1. The van der Waals surface area contributed by atoms with Crippen LogP contribution in [0, 0.1) is 0 Å². The summed E-state index contributed by atoms with van der Waals surface area (Å²) in [4.78, 5) is 29.1. The van der Waals surface area contributed by atoms with Crippen molar-refractivity contribution in [1.82, 2.24) is 4.98 Å². The van der Waals surface area contributed by atoms with Crippen LogP contribution < -0.4 is 10.2 Å². The summed E-state index contributed by atoms with van der Waals surface area (Å²) in [6, 6.07) is 6.00. The number of nitrogens with one attached hydrogen (secondary N) is 1. The Morgan fingerprint density at radius 1 is 1.45 bits per heavy atom. The van der Waals surface area contributed by atoms with Gasteiger partial charge in [0.2, 0.25) is 11.8 Å². The monoisotopic (exact) mass is 335 g/mol. The van der Waals surface area contributed by atoms with E-state index < -0.39 is 0 Å². The number of amides is 2. The third kappa shape index (κ3) is 2.84. The Hall–Kier alpha value is -1.92. The number of carbonyl (C=O) groups excluding carboxylic acids is 2. The van der Waals surface area contributed by atoms with E-state index in [0.717, 1.165) is 29.9 Å². The van der Waals surface area contributed by atoms with E-state index in [2.05, 4.69) is 10.3 Å². The standard InChI is InChI=1S/C15H14ClN3O2S/c1-9(20)19-5-4-10-2-3-11(6-13(10)19)12-8-22-15(17-12)18-14(21)7-16/h2-3,6,8H,4-5,7H2,1H3,(H,17,18,21). The summed E-state index contributed by atoms with van der Waals surface area (Å²) >= 11 is 6.81. The largest absolute Gasteiger partial charge is 0.312 e. The van der Waals surface area contributed by atoms with Gasteiger partial charge in [0, 0.05) is 30.1 Å². The second-order valence-electron chi connectivity index (χ2n) is 4.98. The topological polar surface area (TPSA) is 62.3 Å². The van der Waals surface area contributed by atoms with Crippen LogP contribution in [0.4, 0.5) is 10.8 Å². The maximum absolute atomic E-state index is 11.7. The molecule has 0 fully saturated rings. The molecule has 2 aromatic rings. The molecular weight excluding hydrogens is 322 g/mol. The Labute approximate surface area is 136 Å². The molecule has 0 atom stereocenters. The number of aromatic nitrogens is 1. The summed E-state index contributed by atoms with van der Waals surface area (Å²) in [7, 11) is 0. The lowest BCUT2D eigenvalue weighted by Gasteiger charge is -2.15. The van der Waals surface area contributed by atoms with Gasteiger partial charge in [0.15, 0.2) is 5.13 Å². The van der Waals surface area contributed by atoms with Crippen molar-refractivity contribution in [3.63, 3.8) is 0 Å². The van der Waals surface area contributed by atoms with E-state index in [-0.39, 0.29) is 17.7 Å². The third-order valence-corrected chi connectivity index (χ3v) is 4.53. The predicted molar refractivity (Wildman–Crippen MR) is 88.6 cm³/mol. The van der Waals surface area contributed by atoms with Crippen LogP contribution in [0.1, 0.15) is 12.5 Å². The van der Waals surface area contributed by atoms with Gasteiger partial charge < -0.3 is 10.2 Å². The smallest absolute Gasteiger partial charge is 0.241 e. The van der Waals surface area contributed by atoms with Crippen molar-refractivity contribution >= 4 is 45.6 Å². The number of hydrogen-bond acceptors (Lipinski definition) is 4. The summed E-state index contributed by atoms with van der Waals surface area (Å²) in [6.07, 6.45) is 0.878. The van der Waals surface area contributed by atoms with Crippen molar-refractivity contribution in [3.8, 4) is 11.3 Å². The number of hydrogen-bond donors (Lipinski definition) is 1. The van der Waals surface area contributed by atoms with Gasteiger partial charge in [-0.05, 0) is 18.1 Å². The molecule has 0 saturated carbocycles. The maximum Gasteiger partial charge on any atom is 0.241 e. The fourth-order valence-electron chi connectivity index (χ4n) is 2.48. The van der Waals surface area contributed by atoms with Gasteiger partial charge in [-0.3, -0.25) is 9.59 Å². The number of nitrogens with zero attached hydrogens (tertiary/aromatic N) is 2. The lowest BCUT2D eigenvalue weighted by Crippen LogP contribution is -2.25. The van der Waals surface area contributed by atoms with Crippen molar-refractivity contribution in [2.45, 2.75) is 13.3 Å². The second-order valence-corrected chi connectivity index (χ2v) is 6.11. The predicted octanol–water partition coefficient (Wildman–Crippen LogP) is 2.90. The number of benzene rings is 1. The lowest BCUT2D eigenvalue weighted by atomic mass is 10.1. The molecule has 5 nitrogen and oxygen atoms in total. The Morgan fingerprint density at radius 3 is 3.00 bits per heavy atom. The number of anilines is 2. The van der Waals surface area contributed by atoms with Gasteiger partial charge in [0.25, 0.3) is 0 Å². The molecule has 0 radical (unpaired) electrons. The molecule has 0 saturated heterocycles. The van der Waals surface area contributed by atoms with E-state index in [1.54, 1.807) is 11.8 Å². The number of rotatable bonds is 3. The Bertz CT molecular complexity index is 744. The van der Waals surface area contributed by atoms with Crippen LogP contribution in [-0.4, -0.2) is 29.2 Å². The van der Waals surface area contributed by atoms with Gasteiger partial charge in [-0.2, -0.15) is 0 Å². The van der Waals surface area contributed by atoms with Gasteiger partial charge in [-0.15, -0.1) is 22.9 Å². The molecule has 0 bridgehead atoms. The Morgan fingerprint density at radius 2 is 2.27 bits per heavy atom. The molecule has 3 rings (SSSR count). The van der Waals surface area contributed by atoms with Crippen LogP contribution in [0.5, 0.6) is 0 Å². The van der Waals surface area contributed by atoms with E-state index >= 15 is 0 Å². The average Bonchev–Trinajstić information content (AvgIpc) is 3.12. The van der Waals surface area contributed by atoms with Crippen LogP contribution in [0.3, 0.4) is 0 Å². The first kappa shape index (κ1) is 15.0. The summed E-state index contributed by atoms with van der Waals surface area (Å²) in [6.45, 7) is 2.30. The van der Waals surface area contributed by atoms with Gasteiger partial charge in [0.1, 0.15) is 5.88 Å². The third-order valence-electron chi connectivity index (χ3n) is 3.53. The van der Waals surface area contributed by atoms with Crippen LogP contribution in [0.15, 0.2) is 23.6 Å². The van der Waals surface area contributed by atoms with Crippen molar-refractivity contribution in [2.24, 2.45) is 0 Å². The second kappa shape index (κ2) is 6.06. The first-order chi connectivity index (χ1) is 10.6. The molecule has 0 spiro atoms. The molecule has 7 heteroatoms. The molecule has 0 unspecified atom stereocenters. The molecule has 114 valence electrons. The van der Waals surface area contributed by atoms with Gasteiger partial charge in [-0.1, -0.05) is 12.1 Å². The summed E-state index contributed by atoms with van der Waals surface area (Å²) < 4.78 is 0. The molecule has 1 aliphatic rings. The molecular formula is C15H14ClN3O2S. The molecule has 1 aliphatic heterocycles. The van der Waals surface area contributed by atoms with Crippen LogP contribution >= 0.6 is 22.9 Å². The quantitative estimate of drug-likeness (QED) is 0.877. The van der Waals surface area contributed by atoms with Crippen molar-refractivity contribution < 1.29 is 9.59 Å². The fraction of sp³-hybridized carbons (Fsp3) is 0.267. The van der Waals surface area contributed by atoms with Crippen molar-refractivity contribution in [1.29, 1.82) is 0 Å². The summed E-state index contributed by atoms with van der Waals surface area (Å²) in [5.41, 5.74) is 3.82. The van der Waals surface area contributed by atoms with Crippen molar-refractivity contribution in [3.05, 3.63) is 29.1 Å². The highest BCUT2D eigenvalue weighted by atomic mass is 35.5. The summed E-state index contributed by atoms with van der Waals surface area (Å²) in [5, 5.41) is 5.02. The normalized spacial score (nSPS) is 13.1. The number of alkyl halides is 1. The molecule has 1 aromatic carbocycles. The number of fused-ring (bicyclic) bond motifs is 1. The highest BCUT2D eigenvalue weighted by molar-refractivity contribution is 7.14. The van der Waals surface area contributed by atoms with E-state index in [1.807, 2.05) is 23.6 Å². The van der Waals surface area contributed by atoms with E-state index in [1.165, 1.54) is 16.9 Å².